The van der Waals surface area contributed by atoms with E-state index < -0.39 is 6.10 Å². The zero-order valence-electron chi connectivity index (χ0n) is 9.03. The van der Waals surface area contributed by atoms with Crippen LogP contribution in [0.3, 0.4) is 0 Å². The Balaban J connectivity index is 1.71. The second kappa shape index (κ2) is 5.53. The van der Waals surface area contributed by atoms with Crippen LogP contribution in [0, 0.1) is 0 Å². The molecule has 0 heterocycles. The van der Waals surface area contributed by atoms with Crippen LogP contribution >= 0.6 is 11.6 Å². The van der Waals surface area contributed by atoms with Crippen LogP contribution in [0.2, 0.25) is 5.02 Å². The molecule has 1 atom stereocenters. The minimum atomic E-state index is -0.489. The second-order valence-corrected chi connectivity index (χ2v) is 4.48. The van der Waals surface area contributed by atoms with Crippen molar-refractivity contribution in [2.24, 2.45) is 0 Å². The lowest BCUT2D eigenvalue weighted by molar-refractivity contribution is 0.106. The topological polar surface area (TPSA) is 41.5 Å². The Morgan fingerprint density at radius 1 is 1.44 bits per heavy atom. The van der Waals surface area contributed by atoms with Gasteiger partial charge in [-0.3, -0.25) is 0 Å². The van der Waals surface area contributed by atoms with Crippen molar-refractivity contribution in [1.29, 1.82) is 0 Å². The smallest absolute Gasteiger partial charge is 0.138 e. The first-order valence-corrected chi connectivity index (χ1v) is 5.92. The van der Waals surface area contributed by atoms with E-state index in [2.05, 4.69) is 5.32 Å². The van der Waals surface area contributed by atoms with E-state index in [1.54, 1.807) is 12.1 Å². The van der Waals surface area contributed by atoms with Gasteiger partial charge in [-0.25, -0.2) is 0 Å². The van der Waals surface area contributed by atoms with E-state index >= 15 is 0 Å². The highest BCUT2D eigenvalue weighted by Crippen LogP contribution is 2.23. The molecule has 88 valence electrons. The minimum absolute atomic E-state index is 0.267. The Hall–Kier alpha value is -0.770. The SMILES string of the molecule is OC(CNC1CC1)COc1ccccc1Cl. The van der Waals surface area contributed by atoms with Gasteiger partial charge >= 0.3 is 0 Å². The number of rotatable bonds is 6. The number of ether oxygens (including phenoxy) is 1. The maximum absolute atomic E-state index is 9.65. The van der Waals surface area contributed by atoms with Crippen molar-refractivity contribution in [2.75, 3.05) is 13.2 Å². The maximum atomic E-state index is 9.65. The molecule has 1 saturated carbocycles. The molecule has 16 heavy (non-hydrogen) atoms. The van der Waals surface area contributed by atoms with Crippen molar-refractivity contribution < 1.29 is 9.84 Å². The number of benzene rings is 1. The number of nitrogens with one attached hydrogen (secondary N) is 1. The average molecular weight is 242 g/mol. The van der Waals surface area contributed by atoms with Crippen molar-refractivity contribution in [2.45, 2.75) is 25.0 Å². The van der Waals surface area contributed by atoms with Crippen molar-refractivity contribution in [3.05, 3.63) is 29.3 Å². The van der Waals surface area contributed by atoms with E-state index in [0.29, 0.717) is 23.4 Å². The van der Waals surface area contributed by atoms with Gasteiger partial charge in [-0.1, -0.05) is 23.7 Å². The summed E-state index contributed by atoms with van der Waals surface area (Å²) in [7, 11) is 0. The fraction of sp³-hybridized carbons (Fsp3) is 0.500. The molecular formula is C12H16ClNO2. The van der Waals surface area contributed by atoms with Crippen LogP contribution in [0.5, 0.6) is 5.75 Å². The summed E-state index contributed by atoms with van der Waals surface area (Å²) < 4.78 is 5.43. The molecule has 1 aromatic rings. The lowest BCUT2D eigenvalue weighted by Gasteiger charge is -2.13. The summed E-state index contributed by atoms with van der Waals surface area (Å²) in [6.45, 7) is 0.846. The van der Waals surface area contributed by atoms with E-state index in [1.165, 1.54) is 12.8 Å². The molecule has 0 aromatic heterocycles. The van der Waals surface area contributed by atoms with Crippen LogP contribution < -0.4 is 10.1 Å². The number of hydrogen-bond acceptors (Lipinski definition) is 3. The van der Waals surface area contributed by atoms with Gasteiger partial charge < -0.3 is 15.2 Å². The van der Waals surface area contributed by atoms with Gasteiger partial charge in [0.05, 0.1) is 5.02 Å². The Morgan fingerprint density at radius 2 is 2.19 bits per heavy atom. The summed E-state index contributed by atoms with van der Waals surface area (Å²) in [6.07, 6.45) is 1.95. The number of aliphatic hydroxyl groups is 1. The van der Waals surface area contributed by atoms with Gasteiger partial charge in [-0.15, -0.1) is 0 Å². The molecule has 2 rings (SSSR count). The zero-order valence-corrected chi connectivity index (χ0v) is 9.78. The third kappa shape index (κ3) is 3.67. The lowest BCUT2D eigenvalue weighted by atomic mass is 10.3. The molecule has 0 bridgehead atoms. The molecule has 1 aromatic carbocycles. The Kier molecular flexibility index (Phi) is 4.04. The van der Waals surface area contributed by atoms with Crippen LogP contribution in [0.15, 0.2) is 24.3 Å². The molecule has 1 aliphatic rings. The molecule has 0 spiro atoms. The third-order valence-electron chi connectivity index (χ3n) is 2.49. The predicted molar refractivity (Wildman–Crippen MR) is 64.0 cm³/mol. The number of para-hydroxylation sites is 1. The van der Waals surface area contributed by atoms with Crippen molar-refractivity contribution in [3.8, 4) is 5.75 Å². The largest absolute Gasteiger partial charge is 0.489 e. The number of hydrogen-bond donors (Lipinski definition) is 2. The molecule has 1 fully saturated rings. The summed E-state index contributed by atoms with van der Waals surface area (Å²) in [6, 6.07) is 7.88. The van der Waals surface area contributed by atoms with Crippen LogP contribution in [0.25, 0.3) is 0 Å². The summed E-state index contributed by atoms with van der Waals surface area (Å²) in [5, 5.41) is 13.5. The highest BCUT2D eigenvalue weighted by molar-refractivity contribution is 6.32. The first kappa shape index (κ1) is 11.7. The van der Waals surface area contributed by atoms with Gasteiger partial charge in [0.25, 0.3) is 0 Å². The molecular weight excluding hydrogens is 226 g/mol. The summed E-state index contributed by atoms with van der Waals surface area (Å²) in [5.74, 6) is 0.620. The predicted octanol–water partition coefficient (Wildman–Crippen LogP) is 1.83. The molecule has 0 radical (unpaired) electrons. The van der Waals surface area contributed by atoms with Crippen LogP contribution in [-0.2, 0) is 0 Å². The van der Waals surface area contributed by atoms with Gasteiger partial charge in [0.2, 0.25) is 0 Å². The first-order valence-electron chi connectivity index (χ1n) is 5.54. The average Bonchev–Trinajstić information content (AvgIpc) is 3.09. The number of halogens is 1. The molecule has 1 unspecified atom stereocenters. The molecule has 1 aliphatic carbocycles. The number of aliphatic hydroxyl groups excluding tert-OH is 1. The Bertz CT molecular complexity index is 342. The molecule has 2 N–H and O–H groups in total. The quantitative estimate of drug-likeness (QED) is 0.799. The van der Waals surface area contributed by atoms with Gasteiger partial charge in [0.1, 0.15) is 18.5 Å². The summed E-state index contributed by atoms with van der Waals surface area (Å²) >= 11 is 5.92. The van der Waals surface area contributed by atoms with E-state index in [4.69, 9.17) is 16.3 Å². The fourth-order valence-corrected chi connectivity index (χ4v) is 1.59. The zero-order chi connectivity index (χ0) is 11.4. The molecule has 0 aliphatic heterocycles. The maximum Gasteiger partial charge on any atom is 0.138 e. The summed E-state index contributed by atoms with van der Waals surface area (Å²) in [4.78, 5) is 0. The van der Waals surface area contributed by atoms with Gasteiger partial charge in [0.15, 0.2) is 0 Å². The minimum Gasteiger partial charge on any atom is -0.489 e. The van der Waals surface area contributed by atoms with E-state index in [9.17, 15) is 5.11 Å². The highest BCUT2D eigenvalue weighted by atomic mass is 35.5. The first-order chi connectivity index (χ1) is 7.75. The lowest BCUT2D eigenvalue weighted by Crippen LogP contribution is -2.32. The van der Waals surface area contributed by atoms with Crippen molar-refractivity contribution in [3.63, 3.8) is 0 Å². The van der Waals surface area contributed by atoms with Gasteiger partial charge in [-0.2, -0.15) is 0 Å². The van der Waals surface area contributed by atoms with Crippen LogP contribution in [0.4, 0.5) is 0 Å². The highest BCUT2D eigenvalue weighted by Gasteiger charge is 2.21. The molecule has 3 nitrogen and oxygen atoms in total. The van der Waals surface area contributed by atoms with E-state index in [-0.39, 0.29) is 6.61 Å². The van der Waals surface area contributed by atoms with Gasteiger partial charge in [-0.05, 0) is 25.0 Å². The van der Waals surface area contributed by atoms with Crippen molar-refractivity contribution in [1.82, 2.24) is 5.32 Å². The van der Waals surface area contributed by atoms with Gasteiger partial charge in [0, 0.05) is 12.6 Å². The third-order valence-corrected chi connectivity index (χ3v) is 2.80. The standard InChI is InChI=1S/C12H16ClNO2/c13-11-3-1-2-4-12(11)16-8-10(15)7-14-9-5-6-9/h1-4,9-10,14-15H,5-8H2. The van der Waals surface area contributed by atoms with Crippen molar-refractivity contribution >= 4 is 11.6 Å². The van der Waals surface area contributed by atoms with Crippen LogP contribution in [0.1, 0.15) is 12.8 Å². The van der Waals surface area contributed by atoms with E-state index in [1.807, 2.05) is 12.1 Å². The Morgan fingerprint density at radius 3 is 2.88 bits per heavy atom. The van der Waals surface area contributed by atoms with Crippen LogP contribution in [-0.4, -0.2) is 30.4 Å². The fourth-order valence-electron chi connectivity index (χ4n) is 1.40. The van der Waals surface area contributed by atoms with E-state index in [0.717, 1.165) is 0 Å². The Labute approximate surface area is 100 Å². The molecule has 0 amide bonds. The summed E-state index contributed by atoms with van der Waals surface area (Å²) in [5.41, 5.74) is 0. The monoisotopic (exact) mass is 241 g/mol. The molecule has 4 heteroatoms. The molecule has 0 saturated heterocycles. The normalized spacial score (nSPS) is 17.1. The second-order valence-electron chi connectivity index (χ2n) is 4.08.